The lowest BCUT2D eigenvalue weighted by Gasteiger charge is -2.17. The number of nitrogens with zero attached hydrogens (tertiary/aromatic N) is 1. The van der Waals surface area contributed by atoms with Crippen LogP contribution < -0.4 is 5.32 Å². The third kappa shape index (κ3) is 3.82. The predicted octanol–water partition coefficient (Wildman–Crippen LogP) is 3.30. The SMILES string of the molecule is CC(C)CC(CBr)NC(=O)Cc1noc2ccccc12. The molecule has 0 aliphatic rings. The fourth-order valence-corrected chi connectivity index (χ4v) is 2.65. The molecule has 0 bridgehead atoms. The molecule has 1 heterocycles. The molecule has 108 valence electrons. The van der Waals surface area contributed by atoms with E-state index in [1.54, 1.807) is 0 Å². The lowest BCUT2D eigenvalue weighted by atomic mass is 10.0. The van der Waals surface area contributed by atoms with Crippen molar-refractivity contribution in [2.24, 2.45) is 5.92 Å². The number of halogens is 1. The van der Waals surface area contributed by atoms with E-state index in [0.717, 1.165) is 22.7 Å². The van der Waals surface area contributed by atoms with Crippen molar-refractivity contribution in [3.8, 4) is 0 Å². The van der Waals surface area contributed by atoms with Crippen molar-refractivity contribution in [3.05, 3.63) is 30.0 Å². The number of carbonyl (C=O) groups excluding carboxylic acids is 1. The molecule has 0 aliphatic heterocycles. The Morgan fingerprint density at radius 1 is 1.40 bits per heavy atom. The lowest BCUT2D eigenvalue weighted by Crippen LogP contribution is -2.38. The monoisotopic (exact) mass is 338 g/mol. The first-order chi connectivity index (χ1) is 9.60. The quantitative estimate of drug-likeness (QED) is 0.822. The van der Waals surface area contributed by atoms with Crippen LogP contribution in [0.1, 0.15) is 26.0 Å². The highest BCUT2D eigenvalue weighted by atomic mass is 79.9. The van der Waals surface area contributed by atoms with Gasteiger partial charge in [-0.1, -0.05) is 47.1 Å². The summed E-state index contributed by atoms with van der Waals surface area (Å²) in [6, 6.07) is 7.73. The van der Waals surface area contributed by atoms with Gasteiger partial charge in [0.2, 0.25) is 5.91 Å². The second-order valence-corrected chi connectivity index (χ2v) is 6.00. The molecule has 1 N–H and O–H groups in total. The lowest BCUT2D eigenvalue weighted by molar-refractivity contribution is -0.121. The summed E-state index contributed by atoms with van der Waals surface area (Å²) < 4.78 is 5.21. The van der Waals surface area contributed by atoms with Crippen LogP contribution in [0.15, 0.2) is 28.8 Å². The number of hydrogen-bond acceptors (Lipinski definition) is 3. The third-order valence-electron chi connectivity index (χ3n) is 3.09. The minimum Gasteiger partial charge on any atom is -0.356 e. The van der Waals surface area contributed by atoms with Gasteiger partial charge in [-0.05, 0) is 24.5 Å². The Balaban J connectivity index is 2.00. The summed E-state index contributed by atoms with van der Waals surface area (Å²) in [4.78, 5) is 12.1. The molecule has 1 aromatic carbocycles. The summed E-state index contributed by atoms with van der Waals surface area (Å²) >= 11 is 3.44. The molecule has 0 saturated heterocycles. The minimum absolute atomic E-state index is 0.0193. The van der Waals surface area contributed by atoms with Crippen molar-refractivity contribution in [1.82, 2.24) is 10.5 Å². The van der Waals surface area contributed by atoms with Gasteiger partial charge in [0.1, 0.15) is 5.69 Å². The number of carbonyl (C=O) groups is 1. The van der Waals surface area contributed by atoms with Gasteiger partial charge in [-0.3, -0.25) is 4.79 Å². The van der Waals surface area contributed by atoms with Crippen molar-refractivity contribution in [1.29, 1.82) is 0 Å². The van der Waals surface area contributed by atoms with Crippen LogP contribution in [0, 0.1) is 5.92 Å². The predicted molar refractivity (Wildman–Crippen MR) is 82.9 cm³/mol. The van der Waals surface area contributed by atoms with Gasteiger partial charge in [0, 0.05) is 16.8 Å². The van der Waals surface area contributed by atoms with Crippen molar-refractivity contribution in [2.45, 2.75) is 32.7 Å². The van der Waals surface area contributed by atoms with E-state index in [9.17, 15) is 4.79 Å². The van der Waals surface area contributed by atoms with E-state index in [1.165, 1.54) is 0 Å². The van der Waals surface area contributed by atoms with E-state index >= 15 is 0 Å². The van der Waals surface area contributed by atoms with E-state index < -0.39 is 0 Å². The Labute approximate surface area is 127 Å². The van der Waals surface area contributed by atoms with Gasteiger partial charge in [0.05, 0.1) is 6.42 Å². The maximum Gasteiger partial charge on any atom is 0.226 e. The minimum atomic E-state index is -0.0193. The maximum atomic E-state index is 12.1. The highest BCUT2D eigenvalue weighted by Crippen LogP contribution is 2.18. The summed E-state index contributed by atoms with van der Waals surface area (Å²) in [6.45, 7) is 4.29. The molecule has 2 aromatic rings. The van der Waals surface area contributed by atoms with Crippen LogP contribution >= 0.6 is 15.9 Å². The van der Waals surface area contributed by atoms with Gasteiger partial charge in [0.25, 0.3) is 0 Å². The molecule has 20 heavy (non-hydrogen) atoms. The topological polar surface area (TPSA) is 55.1 Å². The Hall–Kier alpha value is -1.36. The van der Waals surface area contributed by atoms with E-state index in [0.29, 0.717) is 11.6 Å². The Morgan fingerprint density at radius 2 is 2.15 bits per heavy atom. The third-order valence-corrected chi connectivity index (χ3v) is 3.87. The molecule has 0 aliphatic carbocycles. The standard InChI is InChI=1S/C15H19BrN2O2/c1-10(2)7-11(9-16)17-15(19)8-13-12-5-3-4-6-14(12)20-18-13/h3-6,10-11H,7-9H2,1-2H3,(H,17,19). The molecular weight excluding hydrogens is 320 g/mol. The Morgan fingerprint density at radius 3 is 2.85 bits per heavy atom. The van der Waals surface area contributed by atoms with Crippen LogP contribution in [-0.2, 0) is 11.2 Å². The number of fused-ring (bicyclic) bond motifs is 1. The molecule has 0 fully saturated rings. The van der Waals surface area contributed by atoms with Crippen LogP contribution in [0.2, 0.25) is 0 Å². The first-order valence-electron chi connectivity index (χ1n) is 6.78. The molecule has 1 amide bonds. The summed E-state index contributed by atoms with van der Waals surface area (Å²) in [7, 11) is 0. The summed E-state index contributed by atoms with van der Waals surface area (Å²) in [5, 5.41) is 8.68. The van der Waals surface area contributed by atoms with Gasteiger partial charge < -0.3 is 9.84 Å². The normalized spacial score (nSPS) is 12.8. The van der Waals surface area contributed by atoms with Crippen molar-refractivity contribution in [3.63, 3.8) is 0 Å². The molecule has 0 spiro atoms. The number of benzene rings is 1. The van der Waals surface area contributed by atoms with Gasteiger partial charge in [-0.2, -0.15) is 0 Å². The van der Waals surface area contributed by atoms with E-state index in [-0.39, 0.29) is 18.4 Å². The average Bonchev–Trinajstić information content (AvgIpc) is 2.81. The zero-order chi connectivity index (χ0) is 14.5. The maximum absolute atomic E-state index is 12.1. The number of aromatic nitrogens is 1. The number of amides is 1. The number of nitrogens with one attached hydrogen (secondary N) is 1. The second-order valence-electron chi connectivity index (χ2n) is 5.35. The summed E-state index contributed by atoms with van der Waals surface area (Å²) in [6.07, 6.45) is 1.20. The molecule has 5 heteroatoms. The van der Waals surface area contributed by atoms with Crippen LogP contribution in [0.4, 0.5) is 0 Å². The molecule has 4 nitrogen and oxygen atoms in total. The smallest absolute Gasteiger partial charge is 0.226 e. The number of alkyl halides is 1. The van der Waals surface area contributed by atoms with Crippen molar-refractivity contribution in [2.75, 3.05) is 5.33 Å². The summed E-state index contributed by atoms with van der Waals surface area (Å²) in [5.41, 5.74) is 1.41. The van der Waals surface area contributed by atoms with Gasteiger partial charge in [-0.15, -0.1) is 0 Å². The Kier molecular flexibility index (Phi) is 5.17. The number of para-hydroxylation sites is 1. The highest BCUT2D eigenvalue weighted by molar-refractivity contribution is 9.09. The van der Waals surface area contributed by atoms with E-state index in [4.69, 9.17) is 4.52 Å². The fourth-order valence-electron chi connectivity index (χ4n) is 2.23. The molecule has 1 atom stereocenters. The first kappa shape index (κ1) is 15.0. The molecular formula is C15H19BrN2O2. The average molecular weight is 339 g/mol. The van der Waals surface area contributed by atoms with E-state index in [1.807, 2.05) is 24.3 Å². The van der Waals surface area contributed by atoms with Crippen LogP contribution in [-0.4, -0.2) is 22.4 Å². The van der Waals surface area contributed by atoms with Gasteiger partial charge in [-0.25, -0.2) is 0 Å². The second kappa shape index (κ2) is 6.88. The molecule has 2 rings (SSSR count). The zero-order valence-electron chi connectivity index (χ0n) is 11.7. The van der Waals surface area contributed by atoms with Crippen LogP contribution in [0.25, 0.3) is 11.0 Å². The largest absolute Gasteiger partial charge is 0.356 e. The zero-order valence-corrected chi connectivity index (χ0v) is 13.3. The Bertz CT molecular complexity index is 580. The van der Waals surface area contributed by atoms with Gasteiger partial charge in [0.15, 0.2) is 5.58 Å². The van der Waals surface area contributed by atoms with Crippen LogP contribution in [0.5, 0.6) is 0 Å². The first-order valence-corrected chi connectivity index (χ1v) is 7.91. The summed E-state index contributed by atoms with van der Waals surface area (Å²) in [5.74, 6) is 0.528. The fraction of sp³-hybridized carbons (Fsp3) is 0.467. The van der Waals surface area contributed by atoms with Gasteiger partial charge >= 0.3 is 0 Å². The van der Waals surface area contributed by atoms with E-state index in [2.05, 4.69) is 40.3 Å². The highest BCUT2D eigenvalue weighted by Gasteiger charge is 2.16. The van der Waals surface area contributed by atoms with Crippen molar-refractivity contribution >= 4 is 32.8 Å². The molecule has 1 unspecified atom stereocenters. The molecule has 0 saturated carbocycles. The number of hydrogen-bond donors (Lipinski definition) is 1. The molecule has 1 aromatic heterocycles. The molecule has 0 radical (unpaired) electrons. The number of rotatable bonds is 6. The van der Waals surface area contributed by atoms with Crippen molar-refractivity contribution < 1.29 is 9.32 Å². The van der Waals surface area contributed by atoms with Crippen LogP contribution in [0.3, 0.4) is 0 Å².